The Kier molecular flexibility index (Phi) is 11.3. The normalized spacial score (nSPS) is 14.0. The first-order valence-electron chi connectivity index (χ1n) is 15.8. The summed E-state index contributed by atoms with van der Waals surface area (Å²) in [5.41, 5.74) is 1.97. The average molecular weight is 597 g/mol. The van der Waals surface area contributed by atoms with Crippen LogP contribution in [0.4, 0.5) is 0 Å². The lowest BCUT2D eigenvalue weighted by Gasteiger charge is -2.35. The van der Waals surface area contributed by atoms with Crippen molar-refractivity contribution < 1.29 is 24.3 Å². The van der Waals surface area contributed by atoms with E-state index in [0.717, 1.165) is 29.5 Å². The summed E-state index contributed by atoms with van der Waals surface area (Å²) in [4.78, 5) is 37.9. The molecule has 0 heterocycles. The minimum atomic E-state index is -0.758. The molecule has 0 fully saturated rings. The van der Waals surface area contributed by atoms with Crippen molar-refractivity contribution in [1.29, 1.82) is 0 Å². The molecule has 2 aromatic carbocycles. The van der Waals surface area contributed by atoms with Crippen LogP contribution in [0.15, 0.2) is 42.5 Å². The van der Waals surface area contributed by atoms with E-state index in [9.17, 15) is 4.79 Å². The molecule has 0 unspecified atom stereocenters. The highest BCUT2D eigenvalue weighted by atomic mass is 17.2. The van der Waals surface area contributed by atoms with Crippen LogP contribution in [0.3, 0.4) is 0 Å². The van der Waals surface area contributed by atoms with Crippen LogP contribution >= 0.6 is 0 Å². The molecule has 0 amide bonds. The van der Waals surface area contributed by atoms with Gasteiger partial charge in [0.25, 0.3) is 0 Å². The summed E-state index contributed by atoms with van der Waals surface area (Å²) >= 11 is 0. The molecule has 5 heteroatoms. The molecule has 43 heavy (non-hydrogen) atoms. The summed E-state index contributed by atoms with van der Waals surface area (Å²) in [6.07, 6.45) is 1.69. The molecule has 0 N–H and O–H groups in total. The molecule has 0 bridgehead atoms. The van der Waals surface area contributed by atoms with Crippen LogP contribution < -0.4 is 0 Å². The lowest BCUT2D eigenvalue weighted by Crippen LogP contribution is -2.34. The third kappa shape index (κ3) is 11.4. The van der Waals surface area contributed by atoms with E-state index in [2.05, 4.69) is 55.4 Å². The molecule has 5 nitrogen and oxygen atoms in total. The summed E-state index contributed by atoms with van der Waals surface area (Å²) in [6.45, 7) is 33.4. The minimum Gasteiger partial charge on any atom is -0.289 e. The Bertz CT molecular complexity index is 1220. The molecule has 0 aliphatic carbocycles. The zero-order valence-corrected chi connectivity index (χ0v) is 30.1. The van der Waals surface area contributed by atoms with Gasteiger partial charge in [-0.05, 0) is 108 Å². The van der Waals surface area contributed by atoms with Crippen LogP contribution in [0.25, 0.3) is 0 Å². The van der Waals surface area contributed by atoms with Gasteiger partial charge in [-0.25, -0.2) is 19.6 Å². The quantitative estimate of drug-likeness (QED) is 0.131. The third-order valence-corrected chi connectivity index (χ3v) is 7.32. The van der Waals surface area contributed by atoms with E-state index in [-0.39, 0.29) is 22.5 Å². The van der Waals surface area contributed by atoms with Gasteiger partial charge >= 0.3 is 0 Å². The van der Waals surface area contributed by atoms with Gasteiger partial charge in [0.1, 0.15) is 11.2 Å². The Morgan fingerprint density at radius 3 is 1.37 bits per heavy atom. The molecule has 0 atom stereocenters. The summed E-state index contributed by atoms with van der Waals surface area (Å²) in [6, 6.07) is 13.7. The Hall–Kier alpha value is -2.05. The predicted molar refractivity (Wildman–Crippen MR) is 177 cm³/mol. The Morgan fingerprint density at radius 2 is 0.977 bits per heavy atom. The molecule has 0 saturated heterocycles. The highest BCUT2D eigenvalue weighted by molar-refractivity contribution is 6.10. The molecule has 0 aliphatic rings. The fourth-order valence-corrected chi connectivity index (χ4v) is 5.95. The second-order valence-corrected chi connectivity index (χ2v) is 17.2. The van der Waals surface area contributed by atoms with Gasteiger partial charge in [0.05, 0.1) is 11.2 Å². The Balaban J connectivity index is 2.30. The Labute approximate surface area is 262 Å². The van der Waals surface area contributed by atoms with Crippen LogP contribution in [-0.4, -0.2) is 17.0 Å². The van der Waals surface area contributed by atoms with Gasteiger partial charge in [0, 0.05) is 11.1 Å². The number of hydrogen-bond donors (Lipinski definition) is 0. The molecule has 2 rings (SSSR count). The van der Waals surface area contributed by atoms with Crippen molar-refractivity contribution in [1.82, 2.24) is 0 Å². The smallest absolute Gasteiger partial charge is 0.193 e. The van der Waals surface area contributed by atoms with E-state index in [1.165, 1.54) is 0 Å². The van der Waals surface area contributed by atoms with Gasteiger partial charge in [0.15, 0.2) is 5.78 Å². The summed E-state index contributed by atoms with van der Waals surface area (Å²) in [5, 5.41) is 0. The number of carbonyl (C=O) groups is 1. The molecule has 0 aliphatic heterocycles. The minimum absolute atomic E-state index is 0.0248. The number of benzene rings is 2. The maximum absolute atomic E-state index is 13.9. The second-order valence-electron chi connectivity index (χ2n) is 17.2. The number of ketones is 1. The molecule has 2 aromatic rings. The lowest BCUT2D eigenvalue weighted by atomic mass is 9.84. The van der Waals surface area contributed by atoms with Crippen LogP contribution in [0, 0.1) is 10.8 Å². The highest BCUT2D eigenvalue weighted by Gasteiger charge is 2.34. The molecule has 0 aromatic heterocycles. The monoisotopic (exact) mass is 596 g/mol. The van der Waals surface area contributed by atoms with E-state index in [4.69, 9.17) is 19.6 Å². The number of carbonyl (C=O) groups excluding carboxylic acids is 1. The van der Waals surface area contributed by atoms with Gasteiger partial charge in [-0.1, -0.05) is 91.8 Å². The predicted octanol–water partition coefficient (Wildman–Crippen LogP) is 10.8. The van der Waals surface area contributed by atoms with Gasteiger partial charge < -0.3 is 0 Å². The van der Waals surface area contributed by atoms with Gasteiger partial charge in [-0.2, -0.15) is 0 Å². The fraction of sp³-hybridized carbons (Fsp3) is 0.658. The van der Waals surface area contributed by atoms with Gasteiger partial charge in [-0.3, -0.25) is 4.79 Å². The van der Waals surface area contributed by atoms with Crippen LogP contribution in [0.1, 0.15) is 162 Å². The van der Waals surface area contributed by atoms with Crippen molar-refractivity contribution in [2.24, 2.45) is 10.8 Å². The molecular formula is C38H60O5. The third-order valence-electron chi connectivity index (χ3n) is 7.32. The number of rotatable bonds is 13. The largest absolute Gasteiger partial charge is 0.289 e. The van der Waals surface area contributed by atoms with Crippen LogP contribution in [0.5, 0.6) is 0 Å². The average Bonchev–Trinajstić information content (AvgIpc) is 2.83. The van der Waals surface area contributed by atoms with Crippen LogP contribution in [-0.2, 0) is 30.8 Å². The second kappa shape index (κ2) is 13.1. The molecule has 0 radical (unpaired) electrons. The molecular weight excluding hydrogens is 536 g/mol. The topological polar surface area (TPSA) is 54.0 Å². The summed E-state index contributed by atoms with van der Waals surface area (Å²) in [7, 11) is 0. The zero-order chi connectivity index (χ0) is 33.2. The van der Waals surface area contributed by atoms with Crippen molar-refractivity contribution in [3.8, 4) is 0 Å². The first kappa shape index (κ1) is 37.1. The summed E-state index contributed by atoms with van der Waals surface area (Å²) < 4.78 is 0. The summed E-state index contributed by atoms with van der Waals surface area (Å²) in [5.74, 6) is 0.155. The van der Waals surface area contributed by atoms with Crippen molar-refractivity contribution in [3.05, 3.63) is 70.3 Å². The molecule has 0 saturated carbocycles. The standard InChI is InChI=1S/C38H60O5/c1-26(2)30-22-21-29(38(15,16)43-41-36(11,12)25-34(6,7)8)23-31(30)32(39)27-17-19-28(20-18-27)37(13,14)42-40-35(9,10)24-33(3,4)5/h17-23,26H,24-25H2,1-16H3. The molecule has 0 spiro atoms. The van der Waals surface area contributed by atoms with E-state index in [1.807, 2.05) is 97.9 Å². The Morgan fingerprint density at radius 1 is 0.581 bits per heavy atom. The van der Waals surface area contributed by atoms with Crippen molar-refractivity contribution in [2.75, 3.05) is 0 Å². The van der Waals surface area contributed by atoms with E-state index >= 15 is 0 Å². The van der Waals surface area contributed by atoms with Crippen molar-refractivity contribution >= 4 is 5.78 Å². The fourth-order valence-electron chi connectivity index (χ4n) is 5.95. The van der Waals surface area contributed by atoms with Gasteiger partial charge in [0.2, 0.25) is 0 Å². The van der Waals surface area contributed by atoms with E-state index in [0.29, 0.717) is 11.1 Å². The first-order valence-corrected chi connectivity index (χ1v) is 15.8. The van der Waals surface area contributed by atoms with Gasteiger partial charge in [-0.15, -0.1) is 0 Å². The maximum Gasteiger partial charge on any atom is 0.193 e. The van der Waals surface area contributed by atoms with E-state index < -0.39 is 22.4 Å². The molecule has 242 valence electrons. The highest BCUT2D eigenvalue weighted by Crippen LogP contribution is 2.36. The van der Waals surface area contributed by atoms with E-state index in [1.54, 1.807) is 0 Å². The maximum atomic E-state index is 13.9. The van der Waals surface area contributed by atoms with Crippen LogP contribution in [0.2, 0.25) is 0 Å². The zero-order valence-electron chi connectivity index (χ0n) is 30.1. The first-order chi connectivity index (χ1) is 19.2. The van der Waals surface area contributed by atoms with Crippen molar-refractivity contribution in [2.45, 2.75) is 152 Å². The lowest BCUT2D eigenvalue weighted by molar-refractivity contribution is -0.408. The van der Waals surface area contributed by atoms with Crippen molar-refractivity contribution in [3.63, 3.8) is 0 Å². The SMILES string of the molecule is CC(C)c1ccc(C(C)(C)OOC(C)(C)CC(C)(C)C)cc1C(=O)c1ccc(C(C)(C)OOC(C)(C)CC(C)(C)C)cc1. The number of hydrogen-bond acceptors (Lipinski definition) is 5.